The zero-order valence-electron chi connectivity index (χ0n) is 21.3. The molecule has 0 amide bonds. The Balaban J connectivity index is -0.000000112. The van der Waals surface area contributed by atoms with Crippen LogP contribution in [-0.2, 0) is 35.8 Å². The van der Waals surface area contributed by atoms with E-state index >= 15 is 0 Å². The molecule has 33 heavy (non-hydrogen) atoms. The van der Waals surface area contributed by atoms with Gasteiger partial charge in [0.25, 0.3) is 0 Å². The molecule has 2 N–H and O–H groups in total. The van der Waals surface area contributed by atoms with Gasteiger partial charge in [0, 0.05) is 13.2 Å². The predicted octanol–water partition coefficient (Wildman–Crippen LogP) is 4.08. The standard InChI is InChI=1S/2C10H22O.2C3H4O2.Zr/c2*1-2-3-4-5-6-7-8-9-10-11;2*1-2-3(4)5;/h2*11H,2-10H2,1H3;2*2H,1H2,(H,4,5);/q;;;;+2/p-2. The van der Waals surface area contributed by atoms with E-state index in [9.17, 15) is 0 Å². The molecule has 194 valence electrons. The van der Waals surface area contributed by atoms with Gasteiger partial charge in [-0.15, -0.1) is 0 Å². The molecule has 0 unspecified atom stereocenters. The van der Waals surface area contributed by atoms with Crippen LogP contribution in [0.4, 0.5) is 0 Å². The van der Waals surface area contributed by atoms with Crippen molar-refractivity contribution in [1.29, 1.82) is 0 Å². The summed E-state index contributed by atoms with van der Waals surface area (Å²) in [4.78, 5) is 18.3. The molecule has 0 aliphatic rings. The molecule has 6 nitrogen and oxygen atoms in total. The van der Waals surface area contributed by atoms with E-state index in [-0.39, 0.29) is 26.2 Å². The van der Waals surface area contributed by atoms with Crippen LogP contribution in [0.5, 0.6) is 0 Å². The van der Waals surface area contributed by atoms with Gasteiger partial charge in [-0.25, -0.2) is 0 Å². The summed E-state index contributed by atoms with van der Waals surface area (Å²) in [7, 11) is 0. The second-order valence-corrected chi connectivity index (χ2v) is 7.44. The molecule has 0 radical (unpaired) electrons. The Morgan fingerprint density at radius 3 is 0.909 bits per heavy atom. The average Bonchev–Trinajstić information content (AvgIpc) is 2.79. The normalized spacial score (nSPS) is 8.85. The van der Waals surface area contributed by atoms with Crippen LogP contribution in [0, 0.1) is 0 Å². The third-order valence-corrected chi connectivity index (χ3v) is 4.36. The quantitative estimate of drug-likeness (QED) is 0.196. The Hall–Kier alpha value is -0.777. The van der Waals surface area contributed by atoms with E-state index in [2.05, 4.69) is 27.0 Å². The topological polar surface area (TPSA) is 121 Å². The van der Waals surface area contributed by atoms with Gasteiger partial charge >= 0.3 is 26.2 Å². The summed E-state index contributed by atoms with van der Waals surface area (Å²) in [5.41, 5.74) is 0. The minimum absolute atomic E-state index is 0. The fourth-order valence-corrected chi connectivity index (χ4v) is 2.49. The van der Waals surface area contributed by atoms with Gasteiger partial charge in [0.05, 0.1) is 11.9 Å². The second kappa shape index (κ2) is 44.8. The zero-order valence-corrected chi connectivity index (χ0v) is 23.8. The van der Waals surface area contributed by atoms with Crippen molar-refractivity contribution >= 4 is 11.9 Å². The van der Waals surface area contributed by atoms with Crippen molar-refractivity contribution in [3.05, 3.63) is 25.3 Å². The van der Waals surface area contributed by atoms with Crippen molar-refractivity contribution in [2.75, 3.05) is 13.2 Å². The van der Waals surface area contributed by atoms with E-state index in [0.29, 0.717) is 13.2 Å². The Morgan fingerprint density at radius 2 is 0.758 bits per heavy atom. The van der Waals surface area contributed by atoms with E-state index in [1.807, 2.05) is 0 Å². The molecule has 0 saturated carbocycles. The summed E-state index contributed by atoms with van der Waals surface area (Å²) >= 11 is 0. The van der Waals surface area contributed by atoms with Crippen molar-refractivity contribution in [3.63, 3.8) is 0 Å². The van der Waals surface area contributed by atoms with Gasteiger partial charge in [0.2, 0.25) is 0 Å². The SMILES string of the molecule is C=CC(=O)[O-].C=CC(=O)[O-].CCCCCCCCCCO.CCCCCCCCCCO.[Zr+2]. The molecule has 0 saturated heterocycles. The van der Waals surface area contributed by atoms with E-state index in [0.717, 1.165) is 25.0 Å². The number of carboxylic acids is 2. The second-order valence-electron chi connectivity index (χ2n) is 7.44. The van der Waals surface area contributed by atoms with Crippen LogP contribution in [0.2, 0.25) is 0 Å². The van der Waals surface area contributed by atoms with Crippen molar-refractivity contribution in [2.45, 2.75) is 117 Å². The van der Waals surface area contributed by atoms with Crippen molar-refractivity contribution in [2.24, 2.45) is 0 Å². The van der Waals surface area contributed by atoms with Crippen LogP contribution in [0.1, 0.15) is 117 Å². The number of carbonyl (C=O) groups excluding carboxylic acids is 2. The van der Waals surface area contributed by atoms with Gasteiger partial charge in [0.15, 0.2) is 0 Å². The van der Waals surface area contributed by atoms with Crippen molar-refractivity contribution in [3.8, 4) is 0 Å². The molecule has 0 aromatic carbocycles. The summed E-state index contributed by atoms with van der Waals surface area (Å²) < 4.78 is 0. The fraction of sp³-hybridized carbons (Fsp3) is 0.769. The average molecular weight is 550 g/mol. The number of carboxylic acid groups (broad SMARTS) is 2. The summed E-state index contributed by atoms with van der Waals surface area (Å²) in [5.74, 6) is -2.46. The Kier molecular flexibility index (Phi) is 57.6. The smallest absolute Gasteiger partial charge is 0.545 e. The molecule has 0 aromatic rings. The van der Waals surface area contributed by atoms with E-state index < -0.39 is 11.9 Å². The Morgan fingerprint density at radius 1 is 0.576 bits per heavy atom. The number of carbonyl (C=O) groups is 2. The van der Waals surface area contributed by atoms with Crippen LogP contribution in [0.25, 0.3) is 0 Å². The van der Waals surface area contributed by atoms with Gasteiger partial charge in [-0.05, 0) is 25.0 Å². The predicted molar refractivity (Wildman–Crippen MR) is 130 cm³/mol. The molecule has 0 atom stereocenters. The molecule has 0 aromatic heterocycles. The minimum atomic E-state index is -1.23. The molecule has 0 spiro atoms. The minimum Gasteiger partial charge on any atom is -0.545 e. The maximum atomic E-state index is 9.14. The van der Waals surface area contributed by atoms with Crippen LogP contribution < -0.4 is 10.2 Å². The van der Waals surface area contributed by atoms with Gasteiger partial charge in [-0.2, -0.15) is 0 Å². The number of hydrogen-bond donors (Lipinski definition) is 2. The number of aliphatic hydroxyl groups excluding tert-OH is 2. The third-order valence-electron chi connectivity index (χ3n) is 4.36. The Labute approximate surface area is 222 Å². The number of rotatable bonds is 18. The van der Waals surface area contributed by atoms with E-state index in [1.54, 1.807) is 0 Å². The molecule has 0 bridgehead atoms. The molecule has 7 heteroatoms. The first-order valence-electron chi connectivity index (χ1n) is 12.3. The molecule has 0 rings (SSSR count). The maximum Gasteiger partial charge on any atom is 2.00 e. The monoisotopic (exact) mass is 548 g/mol. The molecule has 0 aliphatic heterocycles. The zero-order chi connectivity index (χ0) is 25.3. The number of hydrogen-bond acceptors (Lipinski definition) is 6. The molecule has 0 fully saturated rings. The van der Waals surface area contributed by atoms with Crippen LogP contribution in [-0.4, -0.2) is 35.4 Å². The third kappa shape index (κ3) is 72.2. The Bertz CT molecular complexity index is 337. The van der Waals surface area contributed by atoms with Gasteiger partial charge in [0.1, 0.15) is 0 Å². The maximum absolute atomic E-state index is 9.14. The molecule has 0 heterocycles. The molecular weight excluding hydrogens is 500 g/mol. The van der Waals surface area contributed by atoms with Crippen LogP contribution in [0.15, 0.2) is 25.3 Å². The van der Waals surface area contributed by atoms with Crippen molar-refractivity contribution in [1.82, 2.24) is 0 Å². The van der Waals surface area contributed by atoms with E-state index in [4.69, 9.17) is 30.0 Å². The molecule has 0 aliphatic carbocycles. The number of aliphatic carboxylic acids is 2. The van der Waals surface area contributed by atoms with Crippen LogP contribution in [0.3, 0.4) is 0 Å². The number of aliphatic hydroxyl groups is 2. The summed E-state index contributed by atoms with van der Waals surface area (Å²) in [5, 5.41) is 35.3. The van der Waals surface area contributed by atoms with Gasteiger partial charge < -0.3 is 30.0 Å². The van der Waals surface area contributed by atoms with Gasteiger partial charge in [-0.1, -0.05) is 117 Å². The first-order chi connectivity index (χ1) is 15.4. The van der Waals surface area contributed by atoms with E-state index in [1.165, 1.54) is 89.9 Å². The summed E-state index contributed by atoms with van der Waals surface area (Å²) in [6.45, 7) is 11.0. The summed E-state index contributed by atoms with van der Waals surface area (Å²) in [6.07, 6.45) is 22.2. The number of unbranched alkanes of at least 4 members (excludes halogenated alkanes) is 14. The molecular formula is C26H50O6Zr. The first-order valence-corrected chi connectivity index (χ1v) is 12.3. The largest absolute Gasteiger partial charge is 2.00 e. The summed E-state index contributed by atoms with van der Waals surface area (Å²) in [6, 6.07) is 0. The first kappa shape index (κ1) is 42.4. The van der Waals surface area contributed by atoms with Crippen molar-refractivity contribution < 1.29 is 56.2 Å². The van der Waals surface area contributed by atoms with Crippen LogP contribution >= 0.6 is 0 Å². The fourth-order valence-electron chi connectivity index (χ4n) is 2.49. The van der Waals surface area contributed by atoms with Gasteiger partial charge in [-0.3, -0.25) is 0 Å².